The van der Waals surface area contributed by atoms with Gasteiger partial charge >= 0.3 is 0 Å². The van der Waals surface area contributed by atoms with Crippen LogP contribution in [0.25, 0.3) is 0 Å². The van der Waals surface area contributed by atoms with Crippen LogP contribution in [0.15, 0.2) is 36.4 Å². The number of hydrogen-bond acceptors (Lipinski definition) is 3. The number of likely N-dealkylation sites (tertiary alicyclic amines) is 1. The van der Waals surface area contributed by atoms with Crippen molar-refractivity contribution >= 4 is 29.1 Å². The Bertz CT molecular complexity index is 912. The molecule has 31 heavy (non-hydrogen) atoms. The number of carbonyl (C=O) groups is 1. The average molecular weight is 461 g/mol. The molecule has 166 valence electrons. The first-order valence-corrected chi connectivity index (χ1v) is 12.1. The van der Waals surface area contributed by atoms with Gasteiger partial charge in [0.05, 0.1) is 16.7 Å². The number of rotatable bonds is 6. The SMILES string of the molecule is O=C(c1ccc(Cl)c(Cl)c1)N1CCc2ccc(OCCCN3CCCCC3)cc2CC1. The molecule has 4 rings (SSSR count). The van der Waals surface area contributed by atoms with Crippen LogP contribution in [0.5, 0.6) is 5.75 Å². The zero-order valence-corrected chi connectivity index (χ0v) is 19.4. The molecule has 4 nitrogen and oxygen atoms in total. The molecule has 0 bridgehead atoms. The second-order valence-corrected chi connectivity index (χ2v) is 9.27. The third-order valence-electron chi connectivity index (χ3n) is 6.27. The summed E-state index contributed by atoms with van der Waals surface area (Å²) in [6.45, 7) is 5.72. The van der Waals surface area contributed by atoms with E-state index in [-0.39, 0.29) is 5.91 Å². The zero-order valence-electron chi connectivity index (χ0n) is 17.9. The maximum absolute atomic E-state index is 12.9. The molecule has 2 aliphatic rings. The monoisotopic (exact) mass is 460 g/mol. The van der Waals surface area contributed by atoms with E-state index in [9.17, 15) is 4.79 Å². The summed E-state index contributed by atoms with van der Waals surface area (Å²) in [6.07, 6.45) is 6.76. The molecule has 0 unspecified atom stereocenters. The van der Waals surface area contributed by atoms with Gasteiger partial charge in [0.2, 0.25) is 0 Å². The highest BCUT2D eigenvalue weighted by atomic mass is 35.5. The molecule has 0 aromatic heterocycles. The van der Waals surface area contributed by atoms with Crippen LogP contribution in [-0.4, -0.2) is 55.0 Å². The van der Waals surface area contributed by atoms with Gasteiger partial charge in [0.1, 0.15) is 5.75 Å². The maximum atomic E-state index is 12.9. The zero-order chi connectivity index (χ0) is 21.6. The summed E-state index contributed by atoms with van der Waals surface area (Å²) in [6, 6.07) is 11.4. The van der Waals surface area contributed by atoms with Crippen LogP contribution in [0.3, 0.4) is 0 Å². The minimum Gasteiger partial charge on any atom is -0.494 e. The van der Waals surface area contributed by atoms with Crippen LogP contribution < -0.4 is 4.74 Å². The highest BCUT2D eigenvalue weighted by Gasteiger charge is 2.21. The predicted octanol–water partition coefficient (Wildman–Crippen LogP) is 5.49. The number of hydrogen-bond donors (Lipinski definition) is 0. The molecule has 0 spiro atoms. The van der Waals surface area contributed by atoms with E-state index in [2.05, 4.69) is 23.1 Å². The Morgan fingerprint density at radius 3 is 2.42 bits per heavy atom. The van der Waals surface area contributed by atoms with Gasteiger partial charge in [-0.2, -0.15) is 0 Å². The van der Waals surface area contributed by atoms with E-state index in [4.69, 9.17) is 27.9 Å². The van der Waals surface area contributed by atoms with Crippen molar-refractivity contribution in [1.29, 1.82) is 0 Å². The summed E-state index contributed by atoms with van der Waals surface area (Å²) in [4.78, 5) is 17.4. The molecular weight excluding hydrogens is 431 g/mol. The smallest absolute Gasteiger partial charge is 0.253 e. The largest absolute Gasteiger partial charge is 0.494 e. The first-order chi connectivity index (χ1) is 15.1. The highest BCUT2D eigenvalue weighted by molar-refractivity contribution is 6.42. The lowest BCUT2D eigenvalue weighted by molar-refractivity contribution is 0.0763. The molecule has 0 saturated carbocycles. The molecule has 1 saturated heterocycles. The summed E-state index contributed by atoms with van der Waals surface area (Å²) in [7, 11) is 0. The second kappa shape index (κ2) is 10.7. The van der Waals surface area contributed by atoms with E-state index in [1.807, 2.05) is 4.90 Å². The number of benzene rings is 2. The normalized spacial score (nSPS) is 17.2. The summed E-state index contributed by atoms with van der Waals surface area (Å²) in [5.74, 6) is 0.933. The fourth-order valence-electron chi connectivity index (χ4n) is 4.47. The molecular formula is C25H30Cl2N2O2. The number of amides is 1. The van der Waals surface area contributed by atoms with Crippen molar-refractivity contribution in [1.82, 2.24) is 9.80 Å². The highest BCUT2D eigenvalue weighted by Crippen LogP contribution is 2.25. The van der Waals surface area contributed by atoms with Crippen molar-refractivity contribution in [3.05, 3.63) is 63.1 Å². The van der Waals surface area contributed by atoms with Crippen LogP contribution >= 0.6 is 23.2 Å². The lowest BCUT2D eigenvalue weighted by Gasteiger charge is -2.26. The molecule has 6 heteroatoms. The quantitative estimate of drug-likeness (QED) is 0.534. The third kappa shape index (κ3) is 5.94. The number of nitrogens with zero attached hydrogens (tertiary/aromatic N) is 2. The van der Waals surface area contributed by atoms with E-state index < -0.39 is 0 Å². The number of ether oxygens (including phenoxy) is 1. The van der Waals surface area contributed by atoms with Gasteiger partial charge in [-0.15, -0.1) is 0 Å². The Labute approximate surface area is 195 Å². The van der Waals surface area contributed by atoms with E-state index in [1.165, 1.54) is 43.5 Å². The van der Waals surface area contributed by atoms with E-state index in [0.29, 0.717) is 28.7 Å². The van der Waals surface area contributed by atoms with Crippen molar-refractivity contribution in [3.63, 3.8) is 0 Å². The van der Waals surface area contributed by atoms with Gasteiger partial charge in [-0.3, -0.25) is 4.79 Å². The topological polar surface area (TPSA) is 32.8 Å². The summed E-state index contributed by atoms with van der Waals surface area (Å²) < 4.78 is 6.04. The Morgan fingerprint density at radius 2 is 1.65 bits per heavy atom. The molecule has 1 amide bonds. The van der Waals surface area contributed by atoms with Crippen molar-refractivity contribution in [3.8, 4) is 5.75 Å². The van der Waals surface area contributed by atoms with Crippen LogP contribution in [0, 0.1) is 0 Å². The van der Waals surface area contributed by atoms with Crippen LogP contribution in [0.4, 0.5) is 0 Å². The first kappa shape index (κ1) is 22.4. The molecule has 0 N–H and O–H groups in total. The fraction of sp³-hybridized carbons (Fsp3) is 0.480. The van der Waals surface area contributed by atoms with Crippen molar-refractivity contribution in [2.45, 2.75) is 38.5 Å². The van der Waals surface area contributed by atoms with Gasteiger partial charge in [0, 0.05) is 25.2 Å². The Morgan fingerprint density at radius 1 is 0.871 bits per heavy atom. The number of fused-ring (bicyclic) bond motifs is 1. The Hall–Kier alpha value is -1.75. The summed E-state index contributed by atoms with van der Waals surface area (Å²) in [5.41, 5.74) is 3.15. The van der Waals surface area contributed by atoms with Gasteiger partial charge in [-0.05, 0) is 86.7 Å². The molecule has 0 atom stereocenters. The standard InChI is InChI=1S/C25H30Cl2N2O2/c26-23-8-6-21(18-24(23)27)25(30)29-14-9-19-5-7-22(17-20(19)10-15-29)31-16-4-13-28-11-2-1-3-12-28/h5-8,17-18H,1-4,9-16H2. The molecule has 2 aromatic rings. The van der Waals surface area contributed by atoms with Crippen LogP contribution in [0.2, 0.25) is 10.0 Å². The molecule has 2 heterocycles. The average Bonchev–Trinajstić information content (AvgIpc) is 3.01. The van der Waals surface area contributed by atoms with E-state index in [0.717, 1.165) is 38.2 Å². The molecule has 2 aromatic carbocycles. The van der Waals surface area contributed by atoms with E-state index in [1.54, 1.807) is 18.2 Å². The number of halogens is 2. The van der Waals surface area contributed by atoms with E-state index >= 15 is 0 Å². The fourth-order valence-corrected chi connectivity index (χ4v) is 4.77. The third-order valence-corrected chi connectivity index (χ3v) is 7.01. The van der Waals surface area contributed by atoms with Crippen molar-refractivity contribution in [2.24, 2.45) is 0 Å². The van der Waals surface area contributed by atoms with Crippen molar-refractivity contribution < 1.29 is 9.53 Å². The van der Waals surface area contributed by atoms with Gasteiger partial charge in [0.25, 0.3) is 5.91 Å². The predicted molar refractivity (Wildman–Crippen MR) is 127 cm³/mol. The summed E-state index contributed by atoms with van der Waals surface area (Å²) in [5, 5.41) is 0.873. The molecule has 2 aliphatic heterocycles. The minimum absolute atomic E-state index is 0.000518. The molecule has 0 radical (unpaired) electrons. The van der Waals surface area contributed by atoms with Gasteiger partial charge in [-0.25, -0.2) is 0 Å². The second-order valence-electron chi connectivity index (χ2n) is 8.46. The Kier molecular flexibility index (Phi) is 7.76. The lowest BCUT2D eigenvalue weighted by atomic mass is 10.0. The van der Waals surface area contributed by atoms with Crippen molar-refractivity contribution in [2.75, 3.05) is 39.3 Å². The number of carbonyl (C=O) groups excluding carboxylic acids is 1. The van der Waals surface area contributed by atoms with Gasteiger partial charge in [0.15, 0.2) is 0 Å². The van der Waals surface area contributed by atoms with Crippen LogP contribution in [-0.2, 0) is 12.8 Å². The number of piperidine rings is 1. The lowest BCUT2D eigenvalue weighted by Crippen LogP contribution is -2.33. The first-order valence-electron chi connectivity index (χ1n) is 11.3. The molecule has 0 aliphatic carbocycles. The summed E-state index contributed by atoms with van der Waals surface area (Å²) >= 11 is 12.1. The maximum Gasteiger partial charge on any atom is 0.253 e. The van der Waals surface area contributed by atoms with Crippen LogP contribution in [0.1, 0.15) is 47.2 Å². The van der Waals surface area contributed by atoms with Gasteiger partial charge < -0.3 is 14.5 Å². The Balaban J connectivity index is 1.30. The van der Waals surface area contributed by atoms with Gasteiger partial charge in [-0.1, -0.05) is 35.7 Å². The molecule has 1 fully saturated rings. The minimum atomic E-state index is 0.000518.